The molecule has 2 aromatic heterocycles. The van der Waals surface area contributed by atoms with Crippen LogP contribution in [0.4, 0.5) is 11.5 Å². The summed E-state index contributed by atoms with van der Waals surface area (Å²) in [5, 5.41) is 9.09. The molecule has 0 aliphatic carbocycles. The smallest absolute Gasteiger partial charge is 0.338 e. The maximum absolute atomic E-state index is 11.8. The molecule has 0 saturated heterocycles. The highest BCUT2D eigenvalue weighted by Gasteiger charge is 2.12. The van der Waals surface area contributed by atoms with Crippen LogP contribution >= 0.6 is 11.6 Å². The van der Waals surface area contributed by atoms with Crippen LogP contribution in [-0.2, 0) is 4.74 Å². The molecule has 8 heteroatoms. The summed E-state index contributed by atoms with van der Waals surface area (Å²) in [6, 6.07) is 14.3. The summed E-state index contributed by atoms with van der Waals surface area (Å²) in [6.45, 7) is 2.12. The van der Waals surface area contributed by atoms with E-state index >= 15 is 0 Å². The summed E-state index contributed by atoms with van der Waals surface area (Å²) >= 11 is 5.96. The summed E-state index contributed by atoms with van der Waals surface area (Å²) in [7, 11) is 0. The van der Waals surface area contributed by atoms with Gasteiger partial charge >= 0.3 is 5.97 Å². The van der Waals surface area contributed by atoms with Gasteiger partial charge in [0.2, 0.25) is 0 Å². The Kier molecular flexibility index (Phi) is 4.90. The van der Waals surface area contributed by atoms with Gasteiger partial charge < -0.3 is 10.1 Å². The van der Waals surface area contributed by atoms with Crippen molar-refractivity contribution in [3.63, 3.8) is 0 Å². The molecule has 0 saturated carbocycles. The molecule has 7 nitrogen and oxygen atoms in total. The van der Waals surface area contributed by atoms with Crippen molar-refractivity contribution in [3.8, 4) is 5.69 Å². The Balaban J connectivity index is 1.63. The Morgan fingerprint density at radius 1 is 1.11 bits per heavy atom. The van der Waals surface area contributed by atoms with Gasteiger partial charge in [0, 0.05) is 10.7 Å². The molecule has 2 heterocycles. The summed E-state index contributed by atoms with van der Waals surface area (Å²) in [5.41, 5.74) is 2.80. The van der Waals surface area contributed by atoms with Gasteiger partial charge in [0.25, 0.3) is 0 Å². The van der Waals surface area contributed by atoms with Crippen molar-refractivity contribution in [2.24, 2.45) is 0 Å². The van der Waals surface area contributed by atoms with E-state index in [2.05, 4.69) is 20.4 Å². The molecule has 0 amide bonds. The maximum Gasteiger partial charge on any atom is 0.338 e. The summed E-state index contributed by atoms with van der Waals surface area (Å²) in [6.07, 6.45) is 3.19. The van der Waals surface area contributed by atoms with Gasteiger partial charge in [0.15, 0.2) is 5.65 Å². The minimum atomic E-state index is -0.345. The van der Waals surface area contributed by atoms with E-state index in [0.717, 1.165) is 16.8 Å². The van der Waals surface area contributed by atoms with Crippen LogP contribution in [0, 0.1) is 0 Å². The topological polar surface area (TPSA) is 81.9 Å². The molecule has 2 aromatic carbocycles. The Hall–Kier alpha value is -3.45. The molecular weight excluding hydrogens is 378 g/mol. The summed E-state index contributed by atoms with van der Waals surface area (Å²) in [4.78, 5) is 20.4. The number of fused-ring (bicyclic) bond motifs is 1. The zero-order valence-corrected chi connectivity index (χ0v) is 15.7. The number of halogens is 1. The standard InChI is InChI=1S/C20H16ClN5O2/c1-2-28-20(27)13-3-7-15(8-4-13)25-18-17-11-24-26(19(17)23-12-22-18)16-9-5-14(21)6-10-16/h3-12H,2H2,1H3,(H,22,23,25). The van der Waals surface area contributed by atoms with E-state index in [4.69, 9.17) is 16.3 Å². The van der Waals surface area contributed by atoms with E-state index in [0.29, 0.717) is 28.7 Å². The average molecular weight is 394 g/mol. The van der Waals surface area contributed by atoms with Crippen molar-refractivity contribution in [2.45, 2.75) is 6.92 Å². The number of esters is 1. The van der Waals surface area contributed by atoms with E-state index in [1.54, 1.807) is 54.2 Å². The van der Waals surface area contributed by atoms with Crippen molar-refractivity contribution in [2.75, 3.05) is 11.9 Å². The van der Waals surface area contributed by atoms with Gasteiger partial charge in [-0.25, -0.2) is 19.4 Å². The Labute approximate surface area is 165 Å². The molecule has 28 heavy (non-hydrogen) atoms. The highest BCUT2D eigenvalue weighted by atomic mass is 35.5. The lowest BCUT2D eigenvalue weighted by atomic mass is 10.2. The third-order valence-electron chi connectivity index (χ3n) is 4.10. The van der Waals surface area contributed by atoms with Crippen LogP contribution in [0.25, 0.3) is 16.7 Å². The van der Waals surface area contributed by atoms with Crippen LogP contribution in [-0.4, -0.2) is 32.3 Å². The highest BCUT2D eigenvalue weighted by Crippen LogP contribution is 2.25. The molecule has 0 atom stereocenters. The van der Waals surface area contributed by atoms with Gasteiger partial charge in [-0.2, -0.15) is 5.10 Å². The highest BCUT2D eigenvalue weighted by molar-refractivity contribution is 6.30. The van der Waals surface area contributed by atoms with Crippen LogP contribution in [0.2, 0.25) is 5.02 Å². The number of ether oxygens (including phenoxy) is 1. The molecule has 0 aliphatic heterocycles. The fourth-order valence-electron chi connectivity index (χ4n) is 2.76. The second-order valence-electron chi connectivity index (χ2n) is 5.92. The maximum atomic E-state index is 11.8. The zero-order chi connectivity index (χ0) is 19.5. The second kappa shape index (κ2) is 7.66. The quantitative estimate of drug-likeness (QED) is 0.506. The molecule has 4 rings (SSSR count). The van der Waals surface area contributed by atoms with Gasteiger partial charge in [-0.1, -0.05) is 11.6 Å². The number of nitrogens with one attached hydrogen (secondary N) is 1. The normalized spacial score (nSPS) is 10.8. The monoisotopic (exact) mass is 393 g/mol. The Morgan fingerprint density at radius 2 is 1.86 bits per heavy atom. The third kappa shape index (κ3) is 3.52. The van der Waals surface area contributed by atoms with Crippen LogP contribution in [0.1, 0.15) is 17.3 Å². The van der Waals surface area contributed by atoms with E-state index in [9.17, 15) is 4.79 Å². The molecule has 0 bridgehead atoms. The van der Waals surface area contributed by atoms with E-state index in [-0.39, 0.29) is 5.97 Å². The fourth-order valence-corrected chi connectivity index (χ4v) is 2.88. The third-order valence-corrected chi connectivity index (χ3v) is 4.35. The van der Waals surface area contributed by atoms with Crippen LogP contribution in [0.15, 0.2) is 61.1 Å². The van der Waals surface area contributed by atoms with Gasteiger partial charge in [-0.15, -0.1) is 0 Å². The first-order valence-electron chi connectivity index (χ1n) is 8.64. The number of aromatic nitrogens is 4. The number of hydrogen-bond acceptors (Lipinski definition) is 6. The fraction of sp³-hybridized carbons (Fsp3) is 0.100. The molecule has 1 N–H and O–H groups in total. The zero-order valence-electron chi connectivity index (χ0n) is 15.0. The molecule has 0 aliphatic rings. The van der Waals surface area contributed by atoms with Crippen LogP contribution in [0.3, 0.4) is 0 Å². The number of nitrogens with zero attached hydrogens (tertiary/aromatic N) is 4. The SMILES string of the molecule is CCOC(=O)c1ccc(Nc2ncnc3c2cnn3-c2ccc(Cl)cc2)cc1. The van der Waals surface area contributed by atoms with E-state index in [1.165, 1.54) is 6.33 Å². The predicted molar refractivity (Wildman–Crippen MR) is 107 cm³/mol. The first-order chi connectivity index (χ1) is 13.7. The lowest BCUT2D eigenvalue weighted by Gasteiger charge is -2.08. The Bertz CT molecular complexity index is 1120. The summed E-state index contributed by atoms with van der Waals surface area (Å²) in [5.74, 6) is 0.275. The minimum Gasteiger partial charge on any atom is -0.462 e. The average Bonchev–Trinajstić information content (AvgIpc) is 3.14. The summed E-state index contributed by atoms with van der Waals surface area (Å²) < 4.78 is 6.72. The Morgan fingerprint density at radius 3 is 2.57 bits per heavy atom. The predicted octanol–water partition coefficient (Wildman–Crippen LogP) is 4.39. The van der Waals surface area contributed by atoms with E-state index < -0.39 is 0 Å². The van der Waals surface area contributed by atoms with Crippen molar-refractivity contribution < 1.29 is 9.53 Å². The molecule has 140 valence electrons. The largest absolute Gasteiger partial charge is 0.462 e. The van der Waals surface area contributed by atoms with Crippen molar-refractivity contribution in [1.82, 2.24) is 19.7 Å². The van der Waals surface area contributed by atoms with Gasteiger partial charge in [0.1, 0.15) is 12.1 Å². The number of benzene rings is 2. The van der Waals surface area contributed by atoms with Gasteiger partial charge in [-0.3, -0.25) is 0 Å². The first-order valence-corrected chi connectivity index (χ1v) is 9.02. The molecule has 0 radical (unpaired) electrons. The van der Waals surface area contributed by atoms with Gasteiger partial charge in [0.05, 0.1) is 29.4 Å². The molecule has 4 aromatic rings. The van der Waals surface area contributed by atoms with Crippen molar-refractivity contribution in [3.05, 3.63) is 71.6 Å². The van der Waals surface area contributed by atoms with Crippen molar-refractivity contribution >= 4 is 40.1 Å². The number of carbonyl (C=O) groups is 1. The number of hydrogen-bond donors (Lipinski definition) is 1. The number of anilines is 2. The lowest BCUT2D eigenvalue weighted by molar-refractivity contribution is 0.0526. The second-order valence-corrected chi connectivity index (χ2v) is 6.35. The number of rotatable bonds is 5. The lowest BCUT2D eigenvalue weighted by Crippen LogP contribution is -2.04. The minimum absolute atomic E-state index is 0.343. The number of carbonyl (C=O) groups excluding carboxylic acids is 1. The van der Waals surface area contributed by atoms with Gasteiger partial charge in [-0.05, 0) is 55.5 Å². The molecule has 0 fully saturated rings. The molecule has 0 spiro atoms. The van der Waals surface area contributed by atoms with Crippen LogP contribution in [0.5, 0.6) is 0 Å². The molecular formula is C20H16ClN5O2. The molecule has 0 unspecified atom stereocenters. The van der Waals surface area contributed by atoms with Crippen LogP contribution < -0.4 is 5.32 Å². The van der Waals surface area contributed by atoms with Crippen molar-refractivity contribution in [1.29, 1.82) is 0 Å². The van der Waals surface area contributed by atoms with E-state index in [1.807, 2.05) is 12.1 Å². The first kappa shape index (κ1) is 17.9.